The Kier molecular flexibility index (Phi) is 4.44. The molecule has 0 fully saturated rings. The fraction of sp³-hybridized carbons (Fsp3) is 0.250. The summed E-state index contributed by atoms with van der Waals surface area (Å²) < 4.78 is 0. The molecule has 0 unspecified atom stereocenters. The summed E-state index contributed by atoms with van der Waals surface area (Å²) in [5.41, 5.74) is 0.386. The van der Waals surface area contributed by atoms with E-state index >= 15 is 0 Å². The first-order valence-corrected chi connectivity index (χ1v) is 6.26. The molecule has 0 radical (unpaired) electrons. The zero-order valence-corrected chi connectivity index (χ0v) is 11.3. The summed E-state index contributed by atoms with van der Waals surface area (Å²) in [4.78, 5) is 26.2. The van der Waals surface area contributed by atoms with Crippen molar-refractivity contribution in [3.05, 3.63) is 46.0 Å². The Morgan fingerprint density at radius 2 is 2.29 bits per heavy atom. The molecule has 2 aromatic rings. The molecule has 3 N–H and O–H groups in total. The van der Waals surface area contributed by atoms with E-state index in [9.17, 15) is 14.9 Å². The Hall–Kier alpha value is -2.97. The molecule has 0 spiro atoms. The molecule has 9 heteroatoms. The Labute approximate surface area is 119 Å². The van der Waals surface area contributed by atoms with E-state index in [1.54, 1.807) is 6.92 Å². The summed E-state index contributed by atoms with van der Waals surface area (Å²) in [6.07, 6.45) is 1.35. The SMILES string of the molecule is CCNC(=O)c1ccc(NCc2ncn[nH]2)c([N+](=O)[O-])c1. The number of carbonyl (C=O) groups excluding carboxylic acids is 1. The lowest BCUT2D eigenvalue weighted by molar-refractivity contribution is -0.384. The van der Waals surface area contributed by atoms with Gasteiger partial charge in [0.1, 0.15) is 17.8 Å². The number of amides is 1. The van der Waals surface area contributed by atoms with Gasteiger partial charge < -0.3 is 10.6 Å². The van der Waals surface area contributed by atoms with Gasteiger partial charge in [0.2, 0.25) is 0 Å². The van der Waals surface area contributed by atoms with Gasteiger partial charge in [-0.3, -0.25) is 20.0 Å². The second kappa shape index (κ2) is 6.46. The van der Waals surface area contributed by atoms with Gasteiger partial charge in [0.15, 0.2) is 0 Å². The molecule has 2 rings (SSSR count). The highest BCUT2D eigenvalue weighted by molar-refractivity contribution is 5.95. The van der Waals surface area contributed by atoms with Crippen LogP contribution in [0.3, 0.4) is 0 Å². The van der Waals surface area contributed by atoms with Crippen molar-refractivity contribution in [2.75, 3.05) is 11.9 Å². The first-order valence-electron chi connectivity index (χ1n) is 6.26. The van der Waals surface area contributed by atoms with E-state index in [4.69, 9.17) is 0 Å². The van der Waals surface area contributed by atoms with E-state index in [0.717, 1.165) is 0 Å². The second-order valence-electron chi connectivity index (χ2n) is 4.13. The van der Waals surface area contributed by atoms with E-state index in [2.05, 4.69) is 25.8 Å². The maximum Gasteiger partial charge on any atom is 0.293 e. The Balaban J connectivity index is 2.20. The van der Waals surface area contributed by atoms with Gasteiger partial charge in [-0.25, -0.2) is 4.98 Å². The van der Waals surface area contributed by atoms with Crippen molar-refractivity contribution in [2.45, 2.75) is 13.5 Å². The fourth-order valence-corrected chi connectivity index (χ4v) is 1.73. The number of hydrogen-bond donors (Lipinski definition) is 3. The van der Waals surface area contributed by atoms with Crippen LogP contribution in [-0.4, -0.2) is 32.6 Å². The van der Waals surface area contributed by atoms with E-state index in [1.165, 1.54) is 24.5 Å². The Bertz CT molecular complexity index is 640. The first-order chi connectivity index (χ1) is 10.1. The second-order valence-corrected chi connectivity index (χ2v) is 4.13. The average molecular weight is 290 g/mol. The summed E-state index contributed by atoms with van der Waals surface area (Å²) >= 11 is 0. The number of H-pyrrole nitrogens is 1. The third-order valence-electron chi connectivity index (χ3n) is 2.71. The minimum atomic E-state index is -0.536. The number of benzene rings is 1. The van der Waals surface area contributed by atoms with Crippen LogP contribution in [0.4, 0.5) is 11.4 Å². The smallest absolute Gasteiger partial charge is 0.293 e. The molecule has 0 saturated carbocycles. The molecule has 0 bridgehead atoms. The number of aromatic nitrogens is 3. The van der Waals surface area contributed by atoms with Gasteiger partial charge in [-0.05, 0) is 19.1 Å². The van der Waals surface area contributed by atoms with E-state index in [-0.39, 0.29) is 23.7 Å². The molecule has 0 aliphatic heterocycles. The molecule has 1 aromatic heterocycles. The zero-order valence-electron chi connectivity index (χ0n) is 11.3. The van der Waals surface area contributed by atoms with Crippen molar-refractivity contribution in [2.24, 2.45) is 0 Å². The maximum absolute atomic E-state index is 11.7. The van der Waals surface area contributed by atoms with Gasteiger partial charge in [0.05, 0.1) is 11.5 Å². The van der Waals surface area contributed by atoms with Crippen LogP contribution in [-0.2, 0) is 6.54 Å². The van der Waals surface area contributed by atoms with Crippen molar-refractivity contribution in [3.63, 3.8) is 0 Å². The number of hydrogen-bond acceptors (Lipinski definition) is 6. The number of nitro benzene ring substituents is 1. The quantitative estimate of drug-likeness (QED) is 0.539. The van der Waals surface area contributed by atoms with Crippen LogP contribution in [0.2, 0.25) is 0 Å². The normalized spacial score (nSPS) is 10.1. The molecule has 1 aromatic carbocycles. The van der Waals surface area contributed by atoms with Crippen LogP contribution in [0.1, 0.15) is 23.1 Å². The van der Waals surface area contributed by atoms with Crippen molar-refractivity contribution in [1.29, 1.82) is 0 Å². The summed E-state index contributed by atoms with van der Waals surface area (Å²) in [7, 11) is 0. The van der Waals surface area contributed by atoms with Crippen molar-refractivity contribution in [1.82, 2.24) is 20.5 Å². The summed E-state index contributed by atoms with van der Waals surface area (Å²) in [5, 5.41) is 22.9. The Morgan fingerprint density at radius 3 is 2.90 bits per heavy atom. The number of rotatable bonds is 6. The van der Waals surface area contributed by atoms with E-state index in [1.807, 2.05) is 0 Å². The largest absolute Gasteiger partial charge is 0.372 e. The molecular formula is C12H14N6O3. The van der Waals surface area contributed by atoms with Crippen molar-refractivity contribution in [3.8, 4) is 0 Å². The highest BCUT2D eigenvalue weighted by Crippen LogP contribution is 2.25. The van der Waals surface area contributed by atoms with Gasteiger partial charge in [-0.1, -0.05) is 0 Å². The van der Waals surface area contributed by atoms with Crippen LogP contribution in [0.15, 0.2) is 24.5 Å². The van der Waals surface area contributed by atoms with Crippen LogP contribution in [0.5, 0.6) is 0 Å². The third-order valence-corrected chi connectivity index (χ3v) is 2.71. The number of anilines is 1. The predicted octanol–water partition coefficient (Wildman–Crippen LogP) is 1.07. The lowest BCUT2D eigenvalue weighted by Gasteiger charge is -2.07. The fourth-order valence-electron chi connectivity index (χ4n) is 1.73. The lowest BCUT2D eigenvalue weighted by Crippen LogP contribution is -2.22. The Morgan fingerprint density at radius 1 is 1.48 bits per heavy atom. The number of nitro groups is 1. The summed E-state index contributed by atoms with van der Waals surface area (Å²) in [6, 6.07) is 4.27. The molecular weight excluding hydrogens is 276 g/mol. The maximum atomic E-state index is 11.7. The highest BCUT2D eigenvalue weighted by atomic mass is 16.6. The van der Waals surface area contributed by atoms with E-state index in [0.29, 0.717) is 18.1 Å². The average Bonchev–Trinajstić information content (AvgIpc) is 2.98. The third kappa shape index (κ3) is 3.53. The monoisotopic (exact) mass is 290 g/mol. The molecule has 0 saturated heterocycles. The molecule has 0 aliphatic carbocycles. The highest BCUT2D eigenvalue weighted by Gasteiger charge is 2.17. The zero-order chi connectivity index (χ0) is 15.2. The number of nitrogens with one attached hydrogen (secondary N) is 3. The number of nitrogens with zero attached hydrogens (tertiary/aromatic N) is 3. The number of carbonyl (C=O) groups is 1. The van der Waals surface area contributed by atoms with Crippen LogP contribution in [0.25, 0.3) is 0 Å². The molecule has 110 valence electrons. The number of aromatic amines is 1. The van der Waals surface area contributed by atoms with Crippen molar-refractivity contribution >= 4 is 17.3 Å². The van der Waals surface area contributed by atoms with Gasteiger partial charge in [0, 0.05) is 18.2 Å². The van der Waals surface area contributed by atoms with Crippen LogP contribution in [0, 0.1) is 10.1 Å². The van der Waals surface area contributed by atoms with Gasteiger partial charge >= 0.3 is 0 Å². The molecule has 1 heterocycles. The minimum absolute atomic E-state index is 0.168. The first kappa shape index (κ1) is 14.4. The van der Waals surface area contributed by atoms with Crippen LogP contribution < -0.4 is 10.6 Å². The molecule has 21 heavy (non-hydrogen) atoms. The molecule has 1 amide bonds. The lowest BCUT2D eigenvalue weighted by atomic mass is 10.1. The summed E-state index contributed by atoms with van der Waals surface area (Å²) in [6.45, 7) is 2.50. The standard InChI is InChI=1S/C12H14N6O3/c1-2-13-12(19)8-3-4-9(10(5-8)18(20)21)14-6-11-15-7-16-17-11/h3-5,7,14H,2,6H2,1H3,(H,13,19)(H,15,16,17). The van der Waals surface area contributed by atoms with E-state index < -0.39 is 4.92 Å². The van der Waals surface area contributed by atoms with Gasteiger partial charge in [-0.15, -0.1) is 0 Å². The molecule has 0 aliphatic rings. The molecule has 9 nitrogen and oxygen atoms in total. The minimum Gasteiger partial charge on any atom is -0.372 e. The molecule has 0 atom stereocenters. The van der Waals surface area contributed by atoms with Crippen LogP contribution >= 0.6 is 0 Å². The topological polar surface area (TPSA) is 126 Å². The predicted molar refractivity (Wildman–Crippen MR) is 74.8 cm³/mol. The van der Waals surface area contributed by atoms with Crippen molar-refractivity contribution < 1.29 is 9.72 Å². The summed E-state index contributed by atoms with van der Waals surface area (Å²) in [5.74, 6) is 0.208. The van der Waals surface area contributed by atoms with Gasteiger partial charge in [-0.2, -0.15) is 5.10 Å². The van der Waals surface area contributed by atoms with Gasteiger partial charge in [0.25, 0.3) is 11.6 Å².